The lowest BCUT2D eigenvalue weighted by Crippen LogP contribution is -2.48. The number of hydrogen-bond acceptors (Lipinski definition) is 7. The molecule has 1 amide bonds. The van der Waals surface area contributed by atoms with E-state index in [4.69, 9.17) is 9.26 Å². The lowest BCUT2D eigenvalue weighted by atomic mass is 10.0. The molecule has 1 fully saturated rings. The van der Waals surface area contributed by atoms with Crippen molar-refractivity contribution >= 4 is 29.7 Å². The Morgan fingerprint density at radius 2 is 2.21 bits per heavy atom. The van der Waals surface area contributed by atoms with Gasteiger partial charge in [0.05, 0.1) is 18.0 Å². The van der Waals surface area contributed by atoms with Crippen LogP contribution in [0.1, 0.15) is 23.9 Å². The topological polar surface area (TPSA) is 80.5 Å². The van der Waals surface area contributed by atoms with Crippen LogP contribution in [-0.2, 0) is 11.2 Å². The fraction of sp³-hybridized carbons (Fsp3) is 0.350. The maximum atomic E-state index is 13.0. The molecule has 0 aliphatic carbocycles. The predicted molar refractivity (Wildman–Crippen MR) is 113 cm³/mol. The maximum absolute atomic E-state index is 13.0. The Bertz CT molecular complexity index is 931. The number of amides is 1. The summed E-state index contributed by atoms with van der Waals surface area (Å²) < 4.78 is 10.8. The third-order valence-electron chi connectivity index (χ3n) is 4.82. The summed E-state index contributed by atoms with van der Waals surface area (Å²) in [6.07, 6.45) is 0.761. The van der Waals surface area contributed by atoms with Crippen LogP contribution in [0.15, 0.2) is 46.3 Å². The molecule has 3 heterocycles. The van der Waals surface area contributed by atoms with E-state index in [9.17, 15) is 4.79 Å². The Morgan fingerprint density at radius 1 is 1.34 bits per heavy atom. The summed E-state index contributed by atoms with van der Waals surface area (Å²) in [5, 5.41) is 9.35. The van der Waals surface area contributed by atoms with Crippen LogP contribution >= 0.6 is 23.7 Å². The Kier molecular flexibility index (Phi) is 7.24. The van der Waals surface area contributed by atoms with E-state index in [0.29, 0.717) is 37.6 Å². The zero-order chi connectivity index (χ0) is 19.3. The lowest BCUT2D eigenvalue weighted by Gasteiger charge is -2.37. The quantitative estimate of drug-likeness (QED) is 0.641. The lowest BCUT2D eigenvalue weighted by molar-refractivity contribution is -0.134. The van der Waals surface area contributed by atoms with Gasteiger partial charge in [-0.15, -0.1) is 23.7 Å². The van der Waals surface area contributed by atoms with E-state index in [1.54, 1.807) is 18.4 Å². The van der Waals surface area contributed by atoms with Gasteiger partial charge in [-0.2, -0.15) is 4.98 Å². The van der Waals surface area contributed by atoms with Crippen LogP contribution in [0.2, 0.25) is 0 Å². The number of hydrogen-bond donors (Lipinski definition) is 1. The van der Waals surface area contributed by atoms with Gasteiger partial charge < -0.3 is 19.5 Å². The molecule has 0 bridgehead atoms. The molecule has 1 unspecified atom stereocenters. The molecule has 1 saturated heterocycles. The van der Waals surface area contributed by atoms with Crippen molar-refractivity contribution in [2.75, 3.05) is 26.7 Å². The van der Waals surface area contributed by atoms with Gasteiger partial charge in [-0.1, -0.05) is 29.4 Å². The normalized spacial score (nSPS) is 16.3. The SMILES string of the molecule is COc1ccccc1C1CNCCN1C(=O)CCc1nc(-c2cccs2)no1.Cl. The van der Waals surface area contributed by atoms with E-state index in [0.717, 1.165) is 22.7 Å². The maximum Gasteiger partial charge on any atom is 0.227 e. The minimum absolute atomic E-state index is 0. The van der Waals surface area contributed by atoms with Crippen molar-refractivity contribution in [1.82, 2.24) is 20.4 Å². The molecule has 154 valence electrons. The molecule has 29 heavy (non-hydrogen) atoms. The Hall–Kier alpha value is -2.42. The Morgan fingerprint density at radius 3 is 3.00 bits per heavy atom. The van der Waals surface area contributed by atoms with Gasteiger partial charge >= 0.3 is 0 Å². The van der Waals surface area contributed by atoms with Crippen molar-refractivity contribution in [1.29, 1.82) is 0 Å². The third-order valence-corrected chi connectivity index (χ3v) is 5.69. The van der Waals surface area contributed by atoms with Crippen LogP contribution in [0.4, 0.5) is 0 Å². The molecule has 0 saturated carbocycles. The van der Waals surface area contributed by atoms with Crippen LogP contribution in [0.5, 0.6) is 5.75 Å². The number of ether oxygens (including phenoxy) is 1. The number of piperazine rings is 1. The molecule has 3 aromatic rings. The number of para-hydroxylation sites is 1. The molecule has 1 aromatic carbocycles. The Balaban J connectivity index is 0.00000240. The third kappa shape index (κ3) is 4.77. The molecule has 7 nitrogen and oxygen atoms in total. The predicted octanol–water partition coefficient (Wildman–Crippen LogP) is 3.33. The first-order chi connectivity index (χ1) is 13.8. The molecule has 1 aliphatic heterocycles. The number of rotatable bonds is 6. The average molecular weight is 435 g/mol. The highest BCUT2D eigenvalue weighted by Gasteiger charge is 2.29. The zero-order valence-electron chi connectivity index (χ0n) is 16.0. The van der Waals surface area contributed by atoms with Crippen LogP contribution in [0.25, 0.3) is 10.7 Å². The number of nitrogens with zero attached hydrogens (tertiary/aromatic N) is 3. The van der Waals surface area contributed by atoms with E-state index >= 15 is 0 Å². The van der Waals surface area contributed by atoms with Crippen molar-refractivity contribution in [3.63, 3.8) is 0 Å². The largest absolute Gasteiger partial charge is 0.496 e. The van der Waals surface area contributed by atoms with Crippen molar-refractivity contribution in [3.8, 4) is 16.5 Å². The summed E-state index contributed by atoms with van der Waals surface area (Å²) in [4.78, 5) is 20.2. The number of carbonyl (C=O) groups excluding carboxylic acids is 1. The van der Waals surface area contributed by atoms with Gasteiger partial charge in [0.25, 0.3) is 0 Å². The highest BCUT2D eigenvalue weighted by molar-refractivity contribution is 7.13. The Labute approximate surface area is 179 Å². The number of nitrogens with one attached hydrogen (secondary N) is 1. The molecule has 0 spiro atoms. The zero-order valence-corrected chi connectivity index (χ0v) is 17.7. The van der Waals surface area contributed by atoms with Crippen molar-refractivity contribution in [2.45, 2.75) is 18.9 Å². The van der Waals surface area contributed by atoms with Crippen LogP contribution < -0.4 is 10.1 Å². The second-order valence-corrected chi connectivity index (χ2v) is 7.49. The van der Waals surface area contributed by atoms with Gasteiger partial charge in [-0.25, -0.2) is 0 Å². The van der Waals surface area contributed by atoms with Gasteiger partial charge in [0, 0.05) is 38.0 Å². The van der Waals surface area contributed by atoms with E-state index < -0.39 is 0 Å². The minimum atomic E-state index is -0.0539. The van der Waals surface area contributed by atoms with E-state index in [-0.39, 0.29) is 24.4 Å². The summed E-state index contributed by atoms with van der Waals surface area (Å²) in [6.45, 7) is 2.14. The summed E-state index contributed by atoms with van der Waals surface area (Å²) in [5.74, 6) is 1.94. The second kappa shape index (κ2) is 9.87. The minimum Gasteiger partial charge on any atom is -0.496 e. The number of thiophene rings is 1. The first-order valence-corrected chi connectivity index (χ1v) is 10.1. The summed E-state index contributed by atoms with van der Waals surface area (Å²) in [5.41, 5.74) is 1.02. The van der Waals surface area contributed by atoms with Crippen LogP contribution in [0, 0.1) is 0 Å². The summed E-state index contributed by atoms with van der Waals surface area (Å²) >= 11 is 1.56. The van der Waals surface area contributed by atoms with E-state index in [2.05, 4.69) is 15.5 Å². The first-order valence-electron chi connectivity index (χ1n) is 9.26. The van der Waals surface area contributed by atoms with Crippen LogP contribution in [0.3, 0.4) is 0 Å². The second-order valence-electron chi connectivity index (χ2n) is 6.54. The molecule has 0 radical (unpaired) electrons. The number of carbonyl (C=O) groups is 1. The summed E-state index contributed by atoms with van der Waals surface area (Å²) in [6, 6.07) is 11.7. The number of halogens is 1. The molecule has 2 aromatic heterocycles. The van der Waals surface area contributed by atoms with Gasteiger partial charge in [0.1, 0.15) is 5.75 Å². The van der Waals surface area contributed by atoms with Gasteiger partial charge in [-0.3, -0.25) is 4.79 Å². The summed E-state index contributed by atoms with van der Waals surface area (Å²) in [7, 11) is 1.65. The number of aryl methyl sites for hydroxylation is 1. The van der Waals surface area contributed by atoms with E-state index in [1.807, 2.05) is 46.7 Å². The fourth-order valence-electron chi connectivity index (χ4n) is 3.44. The monoisotopic (exact) mass is 434 g/mol. The molecule has 9 heteroatoms. The van der Waals surface area contributed by atoms with Gasteiger partial charge in [0.2, 0.25) is 17.6 Å². The first kappa shape index (κ1) is 21.3. The molecule has 1 N–H and O–H groups in total. The van der Waals surface area contributed by atoms with Crippen molar-refractivity contribution in [2.24, 2.45) is 0 Å². The highest BCUT2D eigenvalue weighted by Crippen LogP contribution is 2.30. The number of methoxy groups -OCH3 is 1. The number of aromatic nitrogens is 2. The van der Waals surface area contributed by atoms with Crippen LogP contribution in [-0.4, -0.2) is 47.7 Å². The number of benzene rings is 1. The molecule has 1 aliphatic rings. The molecular weight excluding hydrogens is 412 g/mol. The van der Waals surface area contributed by atoms with Crippen molar-refractivity contribution < 1.29 is 14.1 Å². The van der Waals surface area contributed by atoms with E-state index in [1.165, 1.54) is 0 Å². The smallest absolute Gasteiger partial charge is 0.227 e. The average Bonchev–Trinajstić information content (AvgIpc) is 3.44. The van der Waals surface area contributed by atoms with Crippen molar-refractivity contribution in [3.05, 3.63) is 53.2 Å². The fourth-order valence-corrected chi connectivity index (χ4v) is 4.09. The highest BCUT2D eigenvalue weighted by atomic mass is 35.5. The standard InChI is InChI=1S/C20H22N4O3S.ClH/c1-26-16-6-3-2-5-14(16)15-13-21-10-11-24(15)19(25)9-8-18-22-20(23-27-18)17-7-4-12-28-17;/h2-7,12,15,21H,8-11,13H2,1H3;1H. The molecule has 4 rings (SSSR count). The molecule has 1 atom stereocenters. The van der Waals surface area contributed by atoms with Gasteiger partial charge in [0.15, 0.2) is 0 Å². The van der Waals surface area contributed by atoms with Gasteiger partial charge in [-0.05, 0) is 17.5 Å². The molecular formula is C20H23ClN4O3S.